The van der Waals surface area contributed by atoms with Crippen molar-refractivity contribution < 1.29 is 19.0 Å². The van der Waals surface area contributed by atoms with E-state index in [1.807, 2.05) is 36.7 Å². The molecule has 0 saturated carbocycles. The van der Waals surface area contributed by atoms with E-state index in [1.165, 1.54) is 11.8 Å². The van der Waals surface area contributed by atoms with Gasteiger partial charge in [-0.15, -0.1) is 11.8 Å². The Morgan fingerprint density at radius 2 is 2.03 bits per heavy atom. The normalized spacial score (nSPS) is 25.2. The Morgan fingerprint density at radius 3 is 2.86 bits per heavy atom. The fourth-order valence-corrected chi connectivity index (χ4v) is 5.39. The van der Waals surface area contributed by atoms with Crippen molar-refractivity contribution in [1.29, 1.82) is 0 Å². The maximum atomic E-state index is 13.0. The zero-order chi connectivity index (χ0) is 20.2. The maximum absolute atomic E-state index is 13.0. The molecule has 0 unspecified atom stereocenters. The lowest BCUT2D eigenvalue weighted by molar-refractivity contribution is -0.113. The summed E-state index contributed by atoms with van der Waals surface area (Å²) in [6.07, 6.45) is 1.53. The number of nitrogens with one attached hydrogen (secondary N) is 2. The summed E-state index contributed by atoms with van der Waals surface area (Å²) in [6, 6.07) is 5.73. The average molecular weight is 417 g/mol. The maximum Gasteiger partial charge on any atom is 0.270 e. The van der Waals surface area contributed by atoms with Crippen LogP contribution in [0.15, 0.2) is 23.0 Å². The zero-order valence-corrected chi connectivity index (χ0v) is 17.1. The number of rotatable bonds is 2. The van der Waals surface area contributed by atoms with E-state index in [4.69, 9.17) is 14.2 Å². The molecule has 154 valence electrons. The lowest BCUT2D eigenvalue weighted by atomic mass is 9.94. The number of H-pyrrole nitrogens is 1. The van der Waals surface area contributed by atoms with Gasteiger partial charge in [0.05, 0.1) is 28.2 Å². The second kappa shape index (κ2) is 6.84. The van der Waals surface area contributed by atoms with Crippen molar-refractivity contribution in [3.8, 4) is 11.5 Å². The molecule has 3 aliphatic heterocycles. The molecular formula is C20H23N3O5S. The minimum atomic E-state index is -0.281. The minimum absolute atomic E-state index is 0.0519. The van der Waals surface area contributed by atoms with E-state index in [0.717, 1.165) is 18.4 Å². The summed E-state index contributed by atoms with van der Waals surface area (Å²) < 4.78 is 18.6. The summed E-state index contributed by atoms with van der Waals surface area (Å²) >= 11 is 1.44. The summed E-state index contributed by atoms with van der Waals surface area (Å²) in [5.41, 5.74) is 1.02. The van der Waals surface area contributed by atoms with Crippen molar-refractivity contribution in [2.24, 2.45) is 0 Å². The second-order valence-electron chi connectivity index (χ2n) is 8.18. The number of aromatic nitrogens is 2. The van der Waals surface area contributed by atoms with E-state index in [2.05, 4.69) is 10.4 Å². The standard InChI is InChI=1S/C20H23N3O5S/c1-20(2)8-12(5-6-28-20)23-18-16(19(25)22-23)17(29-9-15(24)21-18)11-3-4-13-14(7-11)27-10-26-13/h3-4,7,12,17H,5-6,8-10H2,1-2H3,(H,21,24)(H,22,25)/t12-,17+/m0/s1. The van der Waals surface area contributed by atoms with Crippen LogP contribution in [0.3, 0.4) is 0 Å². The highest BCUT2D eigenvalue weighted by molar-refractivity contribution is 8.00. The fourth-order valence-electron chi connectivity index (χ4n) is 4.28. The van der Waals surface area contributed by atoms with Crippen molar-refractivity contribution in [3.63, 3.8) is 0 Å². The number of aromatic amines is 1. The topological polar surface area (TPSA) is 94.6 Å². The summed E-state index contributed by atoms with van der Waals surface area (Å²) in [7, 11) is 0. The van der Waals surface area contributed by atoms with E-state index in [1.54, 1.807) is 0 Å². The van der Waals surface area contributed by atoms with E-state index >= 15 is 0 Å². The molecule has 0 aliphatic carbocycles. The number of thioether (sulfide) groups is 1. The molecular weight excluding hydrogens is 394 g/mol. The van der Waals surface area contributed by atoms with Crippen LogP contribution in [-0.4, -0.2) is 40.4 Å². The van der Waals surface area contributed by atoms with E-state index in [9.17, 15) is 9.59 Å². The fraction of sp³-hybridized carbons (Fsp3) is 0.500. The molecule has 1 saturated heterocycles. The lowest BCUT2D eigenvalue weighted by Crippen LogP contribution is -2.36. The van der Waals surface area contributed by atoms with E-state index in [-0.39, 0.29) is 40.9 Å². The number of anilines is 1. The number of fused-ring (bicyclic) bond motifs is 2. The molecule has 29 heavy (non-hydrogen) atoms. The van der Waals surface area contributed by atoms with Gasteiger partial charge in [-0.2, -0.15) is 0 Å². The minimum Gasteiger partial charge on any atom is -0.454 e. The smallest absolute Gasteiger partial charge is 0.270 e. The molecule has 4 heterocycles. The van der Waals surface area contributed by atoms with E-state index in [0.29, 0.717) is 29.5 Å². The Bertz CT molecular complexity index is 1030. The number of hydrogen-bond donors (Lipinski definition) is 2. The van der Waals surface area contributed by atoms with Gasteiger partial charge in [0, 0.05) is 6.61 Å². The quantitative estimate of drug-likeness (QED) is 0.780. The van der Waals surface area contributed by atoms with Gasteiger partial charge >= 0.3 is 0 Å². The number of hydrogen-bond acceptors (Lipinski definition) is 6. The number of benzene rings is 1. The number of amides is 1. The van der Waals surface area contributed by atoms with Crippen molar-refractivity contribution in [1.82, 2.24) is 9.78 Å². The van der Waals surface area contributed by atoms with Crippen molar-refractivity contribution in [2.75, 3.05) is 24.5 Å². The Morgan fingerprint density at radius 1 is 1.21 bits per heavy atom. The molecule has 2 N–H and O–H groups in total. The first-order chi connectivity index (χ1) is 13.9. The summed E-state index contributed by atoms with van der Waals surface area (Å²) in [5, 5.41) is 5.67. The van der Waals surface area contributed by atoms with Gasteiger partial charge in [-0.1, -0.05) is 6.07 Å². The Hall–Kier alpha value is -2.39. The molecule has 1 amide bonds. The van der Waals surface area contributed by atoms with Crippen LogP contribution in [0.1, 0.15) is 49.1 Å². The molecule has 2 atom stereocenters. The lowest BCUT2D eigenvalue weighted by Gasteiger charge is -2.36. The molecule has 1 fully saturated rings. The van der Waals surface area contributed by atoms with Crippen molar-refractivity contribution in [3.05, 3.63) is 39.7 Å². The number of ether oxygens (including phenoxy) is 3. The molecule has 0 radical (unpaired) electrons. The Balaban J connectivity index is 1.59. The van der Waals surface area contributed by atoms with Gasteiger partial charge in [0.25, 0.3) is 5.56 Å². The van der Waals surface area contributed by atoms with Crippen LogP contribution in [0.4, 0.5) is 5.82 Å². The van der Waals surface area contributed by atoms with Crippen LogP contribution in [0.5, 0.6) is 11.5 Å². The van der Waals surface area contributed by atoms with Crippen LogP contribution in [0.25, 0.3) is 0 Å². The molecule has 0 spiro atoms. The number of carbonyl (C=O) groups excluding carboxylic acids is 1. The van der Waals surface area contributed by atoms with Gasteiger partial charge in [0.1, 0.15) is 5.82 Å². The molecule has 3 aliphatic rings. The third-order valence-electron chi connectivity index (χ3n) is 5.60. The van der Waals surface area contributed by atoms with Gasteiger partial charge in [0.15, 0.2) is 11.5 Å². The predicted octanol–water partition coefficient (Wildman–Crippen LogP) is 2.81. The largest absolute Gasteiger partial charge is 0.454 e. The predicted molar refractivity (Wildman–Crippen MR) is 109 cm³/mol. The van der Waals surface area contributed by atoms with Gasteiger partial charge < -0.3 is 19.5 Å². The molecule has 8 nitrogen and oxygen atoms in total. The van der Waals surface area contributed by atoms with Crippen molar-refractivity contribution in [2.45, 2.75) is 43.6 Å². The summed E-state index contributed by atoms with van der Waals surface area (Å²) in [5.74, 6) is 2.08. The molecule has 9 heteroatoms. The van der Waals surface area contributed by atoms with Gasteiger partial charge in [0.2, 0.25) is 12.7 Å². The molecule has 2 aromatic rings. The van der Waals surface area contributed by atoms with E-state index < -0.39 is 0 Å². The first-order valence-corrected chi connectivity index (χ1v) is 10.8. The highest BCUT2D eigenvalue weighted by atomic mass is 32.2. The average Bonchev–Trinajstić information content (AvgIpc) is 3.21. The van der Waals surface area contributed by atoms with Gasteiger partial charge in [-0.25, -0.2) is 0 Å². The number of carbonyl (C=O) groups is 1. The molecule has 1 aromatic carbocycles. The van der Waals surface area contributed by atoms with Crippen LogP contribution >= 0.6 is 11.8 Å². The van der Waals surface area contributed by atoms with Crippen LogP contribution in [0, 0.1) is 0 Å². The molecule has 5 rings (SSSR count). The second-order valence-corrected chi connectivity index (χ2v) is 9.27. The van der Waals surface area contributed by atoms with Crippen LogP contribution < -0.4 is 20.3 Å². The highest BCUT2D eigenvalue weighted by Crippen LogP contribution is 2.44. The van der Waals surface area contributed by atoms with Gasteiger partial charge in [-0.3, -0.25) is 19.4 Å². The Labute approximate surface area is 171 Å². The first-order valence-electron chi connectivity index (χ1n) is 9.71. The molecule has 1 aromatic heterocycles. The first kappa shape index (κ1) is 18.6. The molecule has 0 bridgehead atoms. The SMILES string of the molecule is CC1(C)C[C@@H](n2[nH]c(=O)c3c2NC(=O)CS[C@@H]3c2ccc3c(c2)OCO3)CCO1. The van der Waals surface area contributed by atoms with Crippen LogP contribution in [0.2, 0.25) is 0 Å². The summed E-state index contributed by atoms with van der Waals surface area (Å²) in [6.45, 7) is 4.89. The monoisotopic (exact) mass is 417 g/mol. The van der Waals surface area contributed by atoms with Gasteiger partial charge in [-0.05, 0) is 44.4 Å². The van der Waals surface area contributed by atoms with Crippen LogP contribution in [-0.2, 0) is 9.53 Å². The number of nitrogens with zero attached hydrogens (tertiary/aromatic N) is 1. The third-order valence-corrected chi connectivity index (χ3v) is 6.87. The van der Waals surface area contributed by atoms with Crippen molar-refractivity contribution >= 4 is 23.5 Å². The zero-order valence-electron chi connectivity index (χ0n) is 16.3. The summed E-state index contributed by atoms with van der Waals surface area (Å²) in [4.78, 5) is 25.5. The Kier molecular flexibility index (Phi) is 4.40. The highest BCUT2D eigenvalue weighted by Gasteiger charge is 2.36. The third kappa shape index (κ3) is 3.32.